The van der Waals surface area contributed by atoms with Crippen molar-refractivity contribution in [3.05, 3.63) is 107 Å². The lowest BCUT2D eigenvalue weighted by Gasteiger charge is -2.29. The molecule has 43 heavy (non-hydrogen) atoms. The van der Waals surface area contributed by atoms with Crippen LogP contribution in [0.2, 0.25) is 0 Å². The maximum atomic E-state index is 13.5. The van der Waals surface area contributed by atoms with E-state index in [0.29, 0.717) is 16.9 Å². The highest BCUT2D eigenvalue weighted by atomic mass is 19.1. The van der Waals surface area contributed by atoms with Crippen molar-refractivity contribution in [1.82, 2.24) is 15.2 Å². The van der Waals surface area contributed by atoms with Crippen LogP contribution >= 0.6 is 0 Å². The number of urea groups is 1. The number of rotatable bonds is 6. The molecule has 0 bridgehead atoms. The first kappa shape index (κ1) is 29.6. The largest absolute Gasteiger partial charge is 0.462 e. The number of aromatic nitrogens is 1. The second kappa shape index (κ2) is 11.8. The van der Waals surface area contributed by atoms with E-state index in [1.807, 2.05) is 69.3 Å². The summed E-state index contributed by atoms with van der Waals surface area (Å²) in [6.07, 6.45) is 1.51. The highest BCUT2D eigenvalue weighted by molar-refractivity contribution is 6.18. The molecular formula is C34H35FN4O4. The molecule has 0 aliphatic carbocycles. The molecule has 1 aromatic heterocycles. The molecular weight excluding hydrogens is 547 g/mol. The highest BCUT2D eigenvalue weighted by Gasteiger charge is 2.37. The van der Waals surface area contributed by atoms with E-state index in [2.05, 4.69) is 10.3 Å². The normalized spacial score (nSPS) is 14.7. The van der Waals surface area contributed by atoms with E-state index in [-0.39, 0.29) is 36.7 Å². The molecule has 9 heteroatoms. The average Bonchev–Trinajstić information content (AvgIpc) is 3.33. The second-order valence-electron chi connectivity index (χ2n) is 11.3. The third-order valence-corrected chi connectivity index (χ3v) is 7.76. The van der Waals surface area contributed by atoms with Gasteiger partial charge in [0.25, 0.3) is 5.91 Å². The number of fused-ring (bicyclic) bond motifs is 3. The first-order chi connectivity index (χ1) is 20.5. The van der Waals surface area contributed by atoms with Crippen LogP contribution in [0.25, 0.3) is 16.5 Å². The van der Waals surface area contributed by atoms with E-state index >= 15 is 0 Å². The summed E-state index contributed by atoms with van der Waals surface area (Å²) in [6, 6.07) is 20.3. The van der Waals surface area contributed by atoms with E-state index in [1.165, 1.54) is 35.4 Å². The zero-order valence-corrected chi connectivity index (χ0v) is 24.9. The summed E-state index contributed by atoms with van der Waals surface area (Å²) >= 11 is 0. The number of benzene rings is 3. The van der Waals surface area contributed by atoms with Gasteiger partial charge < -0.3 is 19.9 Å². The molecule has 8 nitrogen and oxygen atoms in total. The van der Waals surface area contributed by atoms with E-state index in [9.17, 15) is 18.8 Å². The zero-order valence-electron chi connectivity index (χ0n) is 24.9. The van der Waals surface area contributed by atoms with Crippen molar-refractivity contribution in [2.75, 3.05) is 25.1 Å². The monoisotopic (exact) mass is 582 g/mol. The molecule has 0 fully saturated rings. The molecule has 4 aromatic rings. The van der Waals surface area contributed by atoms with Gasteiger partial charge in [-0.1, -0.05) is 50.2 Å². The Bertz CT molecular complexity index is 1710. The van der Waals surface area contributed by atoms with Crippen molar-refractivity contribution in [2.24, 2.45) is 0 Å². The quantitative estimate of drug-likeness (QED) is 0.252. The number of hydrogen-bond acceptors (Lipinski definition) is 4. The predicted molar refractivity (Wildman–Crippen MR) is 165 cm³/mol. The number of esters is 1. The number of carbonyl (C=O) groups is 3. The smallest absolute Gasteiger partial charge is 0.341 e. The van der Waals surface area contributed by atoms with Crippen molar-refractivity contribution < 1.29 is 23.5 Å². The van der Waals surface area contributed by atoms with Gasteiger partial charge in [0.1, 0.15) is 5.82 Å². The molecule has 5 rings (SSSR count). The maximum Gasteiger partial charge on any atom is 0.341 e. The molecule has 1 aliphatic heterocycles. The number of ether oxygens (including phenoxy) is 1. The van der Waals surface area contributed by atoms with Crippen LogP contribution in [0.5, 0.6) is 0 Å². The lowest BCUT2D eigenvalue weighted by Crippen LogP contribution is -2.38. The third kappa shape index (κ3) is 5.88. The van der Waals surface area contributed by atoms with Crippen LogP contribution in [0.15, 0.2) is 79.0 Å². The Morgan fingerprint density at radius 1 is 1.07 bits per heavy atom. The van der Waals surface area contributed by atoms with Crippen LogP contribution in [-0.2, 0) is 14.9 Å². The minimum atomic E-state index is -0.607. The van der Waals surface area contributed by atoms with Crippen molar-refractivity contribution in [2.45, 2.75) is 39.2 Å². The van der Waals surface area contributed by atoms with Gasteiger partial charge in [-0.25, -0.2) is 14.0 Å². The standard InChI is InChI=1S/C34H35FN4O4/c1-6-43-32(41)27-19-39(31(40)23-12-14-24(35)15-13-23)20-34(3,4)29-26-17-16-25(18-28(26)37-30(27)29)38(5)33(42)36-21(2)22-10-8-7-9-11-22/h7-19,21,37H,6,20H2,1-5H3,(H,36,42). The fraction of sp³-hybridized carbons (Fsp3) is 0.265. The van der Waals surface area contributed by atoms with Gasteiger partial charge in [0, 0.05) is 47.4 Å². The Balaban J connectivity index is 1.52. The number of amides is 3. The molecule has 3 aromatic carbocycles. The van der Waals surface area contributed by atoms with Crippen LogP contribution in [0.4, 0.5) is 14.9 Å². The Morgan fingerprint density at radius 3 is 2.44 bits per heavy atom. The first-order valence-corrected chi connectivity index (χ1v) is 14.2. The van der Waals surface area contributed by atoms with Gasteiger partial charge >= 0.3 is 12.0 Å². The molecule has 2 heterocycles. The Labute approximate surface area is 250 Å². The molecule has 0 radical (unpaired) electrons. The molecule has 1 aliphatic rings. The van der Waals surface area contributed by atoms with Gasteiger partial charge in [-0.05, 0) is 61.4 Å². The van der Waals surface area contributed by atoms with Crippen LogP contribution in [0.3, 0.4) is 0 Å². The van der Waals surface area contributed by atoms with Gasteiger partial charge in [0.15, 0.2) is 0 Å². The Morgan fingerprint density at radius 2 is 1.77 bits per heavy atom. The number of nitrogens with zero attached hydrogens (tertiary/aromatic N) is 2. The number of hydrogen-bond donors (Lipinski definition) is 2. The number of nitrogens with one attached hydrogen (secondary N) is 2. The summed E-state index contributed by atoms with van der Waals surface area (Å²) < 4.78 is 18.9. The average molecular weight is 583 g/mol. The summed E-state index contributed by atoms with van der Waals surface area (Å²) in [4.78, 5) is 46.3. The fourth-order valence-electron chi connectivity index (χ4n) is 5.55. The molecule has 0 spiro atoms. The van der Waals surface area contributed by atoms with E-state index in [0.717, 1.165) is 22.0 Å². The second-order valence-corrected chi connectivity index (χ2v) is 11.3. The molecule has 222 valence electrons. The van der Waals surface area contributed by atoms with Gasteiger partial charge in [-0.15, -0.1) is 0 Å². The summed E-state index contributed by atoms with van der Waals surface area (Å²) in [7, 11) is 1.70. The topological polar surface area (TPSA) is 94.7 Å². The number of H-pyrrole nitrogens is 1. The number of aromatic amines is 1. The summed E-state index contributed by atoms with van der Waals surface area (Å²) in [6.45, 7) is 8.08. The molecule has 2 N–H and O–H groups in total. The lowest BCUT2D eigenvalue weighted by atomic mass is 9.81. The van der Waals surface area contributed by atoms with Crippen molar-refractivity contribution in [1.29, 1.82) is 0 Å². The Kier molecular flexibility index (Phi) is 8.08. The van der Waals surface area contributed by atoms with Crippen LogP contribution < -0.4 is 10.2 Å². The van der Waals surface area contributed by atoms with E-state index < -0.39 is 17.2 Å². The highest BCUT2D eigenvalue weighted by Crippen LogP contribution is 2.41. The molecule has 1 unspecified atom stereocenters. The Hall–Kier alpha value is -4.92. The zero-order chi connectivity index (χ0) is 30.9. The number of carbonyl (C=O) groups excluding carboxylic acids is 3. The minimum absolute atomic E-state index is 0.159. The van der Waals surface area contributed by atoms with Crippen LogP contribution in [-0.4, -0.2) is 48.0 Å². The molecule has 1 atom stereocenters. The van der Waals surface area contributed by atoms with Gasteiger partial charge in [-0.3, -0.25) is 9.69 Å². The molecule has 3 amide bonds. The summed E-state index contributed by atoms with van der Waals surface area (Å²) in [5.74, 6) is -1.37. The fourth-order valence-corrected chi connectivity index (χ4v) is 5.55. The summed E-state index contributed by atoms with van der Waals surface area (Å²) in [5, 5.41) is 3.89. The number of halogens is 1. The van der Waals surface area contributed by atoms with Crippen LogP contribution in [0, 0.1) is 5.82 Å². The molecule has 0 saturated heterocycles. The SMILES string of the molecule is CCOC(=O)C1=CN(C(=O)c2ccc(F)cc2)CC(C)(C)c2c1[nH]c1cc(N(C)C(=O)NC(C)c3ccccc3)ccc21. The van der Waals surface area contributed by atoms with Crippen molar-refractivity contribution in [3.8, 4) is 0 Å². The van der Waals surface area contributed by atoms with Crippen molar-refractivity contribution in [3.63, 3.8) is 0 Å². The van der Waals surface area contributed by atoms with Crippen LogP contribution in [0.1, 0.15) is 60.9 Å². The predicted octanol–water partition coefficient (Wildman–Crippen LogP) is 6.55. The van der Waals surface area contributed by atoms with Crippen molar-refractivity contribution >= 4 is 40.1 Å². The van der Waals surface area contributed by atoms with Gasteiger partial charge in [0.2, 0.25) is 0 Å². The lowest BCUT2D eigenvalue weighted by molar-refractivity contribution is -0.136. The first-order valence-electron chi connectivity index (χ1n) is 14.2. The minimum Gasteiger partial charge on any atom is -0.462 e. The van der Waals surface area contributed by atoms with Gasteiger partial charge in [0.05, 0.1) is 23.9 Å². The van der Waals surface area contributed by atoms with E-state index in [1.54, 1.807) is 18.9 Å². The van der Waals surface area contributed by atoms with Gasteiger partial charge in [-0.2, -0.15) is 0 Å². The summed E-state index contributed by atoms with van der Waals surface area (Å²) in [5.41, 5.74) is 3.71. The number of anilines is 1. The maximum absolute atomic E-state index is 13.5. The molecule has 0 saturated carbocycles. The third-order valence-electron chi connectivity index (χ3n) is 7.76. The van der Waals surface area contributed by atoms with E-state index in [4.69, 9.17) is 4.74 Å².